The molecule has 0 fully saturated rings. The first kappa shape index (κ1) is 14.1. The van der Waals surface area contributed by atoms with Crippen LogP contribution in [0.3, 0.4) is 0 Å². The van der Waals surface area contributed by atoms with Gasteiger partial charge < -0.3 is 5.32 Å². The van der Waals surface area contributed by atoms with E-state index in [1.165, 1.54) is 5.56 Å². The summed E-state index contributed by atoms with van der Waals surface area (Å²) < 4.78 is 0. The maximum Gasteiger partial charge on any atom is 0.0409 e. The van der Waals surface area contributed by atoms with Crippen molar-refractivity contribution in [3.63, 3.8) is 0 Å². The maximum absolute atomic E-state index is 6.00. The summed E-state index contributed by atoms with van der Waals surface area (Å²) in [6.45, 7) is 3.19. The third-order valence-corrected chi connectivity index (χ3v) is 3.03. The number of benzene rings is 1. The van der Waals surface area contributed by atoms with Crippen LogP contribution < -0.4 is 5.32 Å². The minimum Gasteiger partial charge on any atom is -0.310 e. The Labute approximate surface area is 110 Å². The molecule has 17 heavy (non-hydrogen) atoms. The van der Waals surface area contributed by atoms with Crippen molar-refractivity contribution in [3.05, 3.63) is 34.9 Å². The van der Waals surface area contributed by atoms with Crippen LogP contribution in [0.25, 0.3) is 0 Å². The first-order chi connectivity index (χ1) is 8.27. The molecule has 0 radical (unpaired) electrons. The first-order valence-electron chi connectivity index (χ1n) is 6.20. The highest BCUT2D eigenvalue weighted by molar-refractivity contribution is 6.30. The van der Waals surface area contributed by atoms with E-state index in [-0.39, 0.29) is 0 Å². The summed E-state index contributed by atoms with van der Waals surface area (Å²) in [5.41, 5.74) is 1.26. The molecule has 0 unspecified atom stereocenters. The molecular formula is C15H20ClN. The molecule has 2 heteroatoms. The lowest BCUT2D eigenvalue weighted by Crippen LogP contribution is -2.21. The van der Waals surface area contributed by atoms with Gasteiger partial charge in [0.15, 0.2) is 0 Å². The van der Waals surface area contributed by atoms with Gasteiger partial charge in [-0.05, 0) is 43.5 Å². The zero-order valence-electron chi connectivity index (χ0n) is 10.4. The summed E-state index contributed by atoms with van der Waals surface area (Å²) in [5.74, 6) is 2.66. The molecule has 0 heterocycles. The average molecular weight is 250 g/mol. The summed E-state index contributed by atoms with van der Waals surface area (Å²) in [5, 5.41) is 4.35. The van der Waals surface area contributed by atoms with Crippen LogP contribution in [0.2, 0.25) is 5.02 Å². The topological polar surface area (TPSA) is 12.0 Å². The monoisotopic (exact) mass is 249 g/mol. The zero-order valence-corrected chi connectivity index (χ0v) is 11.1. The van der Waals surface area contributed by atoms with Crippen LogP contribution in [-0.2, 0) is 0 Å². The molecule has 0 spiro atoms. The van der Waals surface area contributed by atoms with Crippen molar-refractivity contribution in [1.82, 2.24) is 5.32 Å². The van der Waals surface area contributed by atoms with Gasteiger partial charge in [-0.3, -0.25) is 0 Å². The highest BCUT2D eigenvalue weighted by Gasteiger charge is 2.07. The van der Waals surface area contributed by atoms with Gasteiger partial charge in [-0.25, -0.2) is 0 Å². The number of rotatable bonds is 7. The Bertz CT molecular complexity index is 367. The second kappa shape index (κ2) is 8.17. The lowest BCUT2D eigenvalue weighted by Gasteiger charge is -2.17. The van der Waals surface area contributed by atoms with E-state index in [1.807, 2.05) is 18.2 Å². The van der Waals surface area contributed by atoms with Crippen LogP contribution in [0.4, 0.5) is 0 Å². The van der Waals surface area contributed by atoms with Crippen molar-refractivity contribution in [1.29, 1.82) is 0 Å². The number of hydrogen-bond acceptors (Lipinski definition) is 1. The fraction of sp³-hybridized carbons (Fsp3) is 0.467. The van der Waals surface area contributed by atoms with Gasteiger partial charge in [0, 0.05) is 17.5 Å². The van der Waals surface area contributed by atoms with Crippen LogP contribution >= 0.6 is 11.6 Å². The molecule has 0 aliphatic heterocycles. The Morgan fingerprint density at radius 2 is 2.24 bits per heavy atom. The molecule has 1 nitrogen and oxygen atoms in total. The van der Waals surface area contributed by atoms with Crippen LogP contribution in [0.15, 0.2) is 24.3 Å². The van der Waals surface area contributed by atoms with E-state index in [9.17, 15) is 0 Å². The maximum atomic E-state index is 6.00. The van der Waals surface area contributed by atoms with Crippen LogP contribution in [-0.4, -0.2) is 6.54 Å². The van der Waals surface area contributed by atoms with Crippen molar-refractivity contribution < 1.29 is 0 Å². The van der Waals surface area contributed by atoms with Gasteiger partial charge in [0.1, 0.15) is 0 Å². The SMILES string of the molecule is C#CCCCCN[C@@H](CC)c1cccc(Cl)c1. The van der Waals surface area contributed by atoms with Gasteiger partial charge >= 0.3 is 0 Å². The largest absolute Gasteiger partial charge is 0.310 e. The molecule has 0 amide bonds. The summed E-state index contributed by atoms with van der Waals surface area (Å²) >= 11 is 6.00. The van der Waals surface area contributed by atoms with Crippen LogP contribution in [0.1, 0.15) is 44.2 Å². The normalized spacial score (nSPS) is 12.1. The summed E-state index contributed by atoms with van der Waals surface area (Å²) in [6.07, 6.45) is 9.37. The molecule has 0 bridgehead atoms. The van der Waals surface area contributed by atoms with Gasteiger partial charge in [0.25, 0.3) is 0 Å². The molecule has 92 valence electrons. The third kappa shape index (κ3) is 5.26. The smallest absolute Gasteiger partial charge is 0.0409 e. The average Bonchev–Trinajstić information content (AvgIpc) is 2.34. The first-order valence-corrected chi connectivity index (χ1v) is 6.58. The van der Waals surface area contributed by atoms with Crippen LogP contribution in [0.5, 0.6) is 0 Å². The number of nitrogens with one attached hydrogen (secondary N) is 1. The number of hydrogen-bond donors (Lipinski definition) is 1. The Morgan fingerprint density at radius 1 is 1.41 bits per heavy atom. The minimum absolute atomic E-state index is 0.388. The molecule has 1 atom stereocenters. The highest BCUT2D eigenvalue weighted by atomic mass is 35.5. The van der Waals surface area contributed by atoms with Crippen molar-refractivity contribution in [2.75, 3.05) is 6.54 Å². The van der Waals surface area contributed by atoms with Crippen molar-refractivity contribution in [2.24, 2.45) is 0 Å². The van der Waals surface area contributed by atoms with E-state index < -0.39 is 0 Å². The fourth-order valence-corrected chi connectivity index (χ4v) is 2.05. The Hall–Kier alpha value is -0.970. The number of terminal acetylenes is 1. The summed E-state index contributed by atoms with van der Waals surface area (Å²) in [7, 11) is 0. The van der Waals surface area contributed by atoms with Gasteiger partial charge in [-0.2, -0.15) is 0 Å². The molecule has 1 aromatic rings. The number of halogens is 1. The molecule has 1 aromatic carbocycles. The van der Waals surface area contributed by atoms with E-state index in [0.717, 1.165) is 37.3 Å². The van der Waals surface area contributed by atoms with E-state index in [0.29, 0.717) is 6.04 Å². The second-order valence-corrected chi connectivity index (χ2v) is 4.57. The fourth-order valence-electron chi connectivity index (χ4n) is 1.85. The Balaban J connectivity index is 2.41. The zero-order chi connectivity index (χ0) is 12.5. The molecule has 1 N–H and O–H groups in total. The molecule has 1 rings (SSSR count). The predicted molar refractivity (Wildman–Crippen MR) is 75.2 cm³/mol. The standard InChI is InChI=1S/C15H20ClN/c1-3-5-6-7-11-17-15(4-2)13-9-8-10-14(16)12-13/h1,8-10,12,15,17H,4-7,11H2,2H3/t15-/m0/s1. The molecule has 0 aromatic heterocycles. The van der Waals surface area contributed by atoms with Gasteiger partial charge in [0.2, 0.25) is 0 Å². The predicted octanol–water partition coefficient (Wildman–Crippen LogP) is 4.18. The lowest BCUT2D eigenvalue weighted by molar-refractivity contribution is 0.505. The Morgan fingerprint density at radius 3 is 2.88 bits per heavy atom. The van der Waals surface area contributed by atoms with E-state index in [1.54, 1.807) is 0 Å². The van der Waals surface area contributed by atoms with Gasteiger partial charge in [-0.15, -0.1) is 12.3 Å². The van der Waals surface area contributed by atoms with E-state index >= 15 is 0 Å². The van der Waals surface area contributed by atoms with Gasteiger partial charge in [0.05, 0.1) is 0 Å². The minimum atomic E-state index is 0.388. The molecule has 0 aliphatic rings. The highest BCUT2D eigenvalue weighted by Crippen LogP contribution is 2.20. The van der Waals surface area contributed by atoms with E-state index in [2.05, 4.69) is 24.2 Å². The summed E-state index contributed by atoms with van der Waals surface area (Å²) in [6, 6.07) is 8.45. The third-order valence-electron chi connectivity index (χ3n) is 2.80. The molecule has 0 aliphatic carbocycles. The van der Waals surface area contributed by atoms with Crippen LogP contribution in [0, 0.1) is 12.3 Å². The van der Waals surface area contributed by atoms with E-state index in [4.69, 9.17) is 18.0 Å². The van der Waals surface area contributed by atoms with Crippen molar-refractivity contribution in [3.8, 4) is 12.3 Å². The van der Waals surface area contributed by atoms with Crippen molar-refractivity contribution in [2.45, 2.75) is 38.6 Å². The molecule has 0 saturated heterocycles. The Kier molecular flexibility index (Phi) is 6.77. The number of unbranched alkanes of at least 4 members (excludes halogenated alkanes) is 2. The molecule has 0 saturated carbocycles. The molecular weight excluding hydrogens is 230 g/mol. The summed E-state index contributed by atoms with van der Waals surface area (Å²) in [4.78, 5) is 0. The van der Waals surface area contributed by atoms with Gasteiger partial charge in [-0.1, -0.05) is 30.7 Å². The quantitative estimate of drug-likeness (QED) is 0.565. The second-order valence-electron chi connectivity index (χ2n) is 4.13. The lowest BCUT2D eigenvalue weighted by atomic mass is 10.0. The van der Waals surface area contributed by atoms with Crippen molar-refractivity contribution >= 4 is 11.6 Å².